The van der Waals surface area contributed by atoms with Gasteiger partial charge in [0.25, 0.3) is 0 Å². The van der Waals surface area contributed by atoms with Crippen molar-refractivity contribution in [2.45, 2.75) is 6.61 Å². The van der Waals surface area contributed by atoms with Crippen molar-refractivity contribution in [1.82, 2.24) is 4.98 Å². The Morgan fingerprint density at radius 2 is 2.32 bits per heavy atom. The van der Waals surface area contributed by atoms with E-state index in [1.54, 1.807) is 12.1 Å². The molecule has 2 rings (SSSR count). The second-order valence-corrected chi connectivity index (χ2v) is 5.52. The van der Waals surface area contributed by atoms with Crippen LogP contribution in [0, 0.1) is 5.82 Å². The molecule has 2 aromatic rings. The number of hydrogen-bond acceptors (Lipinski definition) is 4. The lowest BCUT2D eigenvalue weighted by molar-refractivity contribution is 0.0697. The number of benzene rings is 1. The van der Waals surface area contributed by atoms with E-state index in [4.69, 9.17) is 9.84 Å². The van der Waals surface area contributed by atoms with Crippen LogP contribution in [0.3, 0.4) is 0 Å². The molecule has 4 nitrogen and oxygen atoms in total. The molecule has 19 heavy (non-hydrogen) atoms. The van der Waals surface area contributed by atoms with E-state index >= 15 is 0 Å². The smallest absolute Gasteiger partial charge is 0.347 e. The van der Waals surface area contributed by atoms with E-state index in [-0.39, 0.29) is 17.3 Å². The molecule has 1 N–H and O–H groups in total. The van der Waals surface area contributed by atoms with Gasteiger partial charge in [0.15, 0.2) is 0 Å². The fraction of sp³-hybridized carbons (Fsp3) is 0.167. The maximum absolute atomic E-state index is 13.2. The number of carbonyl (C=O) groups is 1. The number of ether oxygens (including phenoxy) is 1. The zero-order valence-electron chi connectivity index (χ0n) is 9.81. The number of carboxylic acids is 1. The van der Waals surface area contributed by atoms with Crippen molar-refractivity contribution < 1.29 is 19.0 Å². The Balaban J connectivity index is 2.47. The molecule has 1 aromatic heterocycles. The van der Waals surface area contributed by atoms with Crippen molar-refractivity contribution in [1.29, 1.82) is 0 Å². The van der Waals surface area contributed by atoms with E-state index in [0.717, 1.165) is 11.3 Å². The fourth-order valence-corrected chi connectivity index (χ4v) is 2.79. The largest absolute Gasteiger partial charge is 0.477 e. The number of nitrogens with zero attached hydrogens (tertiary/aromatic N) is 1. The van der Waals surface area contributed by atoms with Crippen LogP contribution in [0.5, 0.6) is 0 Å². The number of aromatic nitrogens is 1. The number of halogens is 2. The Kier molecular flexibility index (Phi) is 4.28. The van der Waals surface area contributed by atoms with Gasteiger partial charge in [0, 0.05) is 12.7 Å². The Hall–Kier alpha value is -1.31. The number of thiazole rings is 1. The van der Waals surface area contributed by atoms with Gasteiger partial charge in [0.1, 0.15) is 15.7 Å². The first kappa shape index (κ1) is 14.1. The maximum atomic E-state index is 13.2. The lowest BCUT2D eigenvalue weighted by Gasteiger charge is -1.98. The summed E-state index contributed by atoms with van der Waals surface area (Å²) in [5.74, 6) is -1.42. The first-order valence-corrected chi connectivity index (χ1v) is 6.81. The highest BCUT2D eigenvalue weighted by atomic mass is 79.9. The minimum Gasteiger partial charge on any atom is -0.477 e. The van der Waals surface area contributed by atoms with E-state index in [0.29, 0.717) is 20.7 Å². The lowest BCUT2D eigenvalue weighted by Crippen LogP contribution is -1.99. The maximum Gasteiger partial charge on any atom is 0.347 e. The van der Waals surface area contributed by atoms with Crippen LogP contribution in [0.2, 0.25) is 0 Å². The van der Waals surface area contributed by atoms with Crippen LogP contribution in [-0.2, 0) is 11.3 Å². The highest BCUT2D eigenvalue weighted by Gasteiger charge is 2.18. The summed E-state index contributed by atoms with van der Waals surface area (Å²) in [7, 11) is 1.47. The van der Waals surface area contributed by atoms with Crippen molar-refractivity contribution in [3.05, 3.63) is 39.1 Å². The molecule has 100 valence electrons. The van der Waals surface area contributed by atoms with Crippen LogP contribution < -0.4 is 0 Å². The van der Waals surface area contributed by atoms with Crippen molar-refractivity contribution in [2.75, 3.05) is 7.11 Å². The zero-order valence-corrected chi connectivity index (χ0v) is 12.2. The highest BCUT2D eigenvalue weighted by Crippen LogP contribution is 2.31. The molecule has 0 radical (unpaired) electrons. The molecule has 0 atom stereocenters. The number of carboxylic acid groups (broad SMARTS) is 1. The van der Waals surface area contributed by atoms with Gasteiger partial charge in [-0.25, -0.2) is 14.2 Å². The van der Waals surface area contributed by atoms with Crippen molar-refractivity contribution in [2.24, 2.45) is 0 Å². The van der Waals surface area contributed by atoms with Crippen LogP contribution in [0.1, 0.15) is 15.4 Å². The molecule has 0 fully saturated rings. The molecule has 0 amide bonds. The average Bonchev–Trinajstić information content (AvgIpc) is 2.77. The van der Waals surface area contributed by atoms with Crippen LogP contribution >= 0.6 is 27.3 Å². The van der Waals surface area contributed by atoms with Gasteiger partial charge in [-0.3, -0.25) is 0 Å². The predicted octanol–water partition coefficient (Wildman–Crippen LogP) is 3.56. The molecular weight excluding hydrogens is 337 g/mol. The third-order valence-electron chi connectivity index (χ3n) is 2.34. The fourth-order valence-electron chi connectivity index (χ4n) is 1.51. The van der Waals surface area contributed by atoms with Gasteiger partial charge >= 0.3 is 5.97 Å². The average molecular weight is 346 g/mol. The molecule has 1 aromatic carbocycles. The van der Waals surface area contributed by atoms with Crippen molar-refractivity contribution in [3.8, 4) is 10.6 Å². The monoisotopic (exact) mass is 345 g/mol. The summed E-state index contributed by atoms with van der Waals surface area (Å²) in [4.78, 5) is 15.5. The Morgan fingerprint density at radius 3 is 2.89 bits per heavy atom. The second kappa shape index (κ2) is 5.77. The Labute approximate surface area is 121 Å². The summed E-state index contributed by atoms with van der Waals surface area (Å²) in [5, 5.41) is 9.62. The Morgan fingerprint density at radius 1 is 1.58 bits per heavy atom. The standard InChI is InChI=1S/C12H9BrFNO3S/c1-18-5-9-10(12(16)17)19-11(15-9)6-2-3-8(14)7(13)4-6/h2-4H,5H2,1H3,(H,16,17). The molecule has 7 heteroatoms. The van der Waals surface area contributed by atoms with Crippen molar-refractivity contribution in [3.63, 3.8) is 0 Å². The second-order valence-electron chi connectivity index (χ2n) is 3.66. The third-order valence-corrected chi connectivity index (χ3v) is 4.08. The van der Waals surface area contributed by atoms with E-state index in [2.05, 4.69) is 20.9 Å². The van der Waals surface area contributed by atoms with Crippen LogP contribution in [0.4, 0.5) is 4.39 Å². The quantitative estimate of drug-likeness (QED) is 0.920. The van der Waals surface area contributed by atoms with Crippen LogP contribution in [0.15, 0.2) is 22.7 Å². The van der Waals surface area contributed by atoms with E-state index < -0.39 is 5.97 Å². The molecular formula is C12H9BrFNO3S. The summed E-state index contributed by atoms with van der Waals surface area (Å²) >= 11 is 4.13. The SMILES string of the molecule is COCc1nc(-c2ccc(F)c(Br)c2)sc1C(=O)O. The zero-order chi connectivity index (χ0) is 14.0. The molecule has 0 saturated heterocycles. The Bertz CT molecular complexity index is 629. The van der Waals surface area contributed by atoms with Crippen LogP contribution in [0.25, 0.3) is 10.6 Å². The van der Waals surface area contributed by atoms with Gasteiger partial charge < -0.3 is 9.84 Å². The molecule has 0 saturated carbocycles. The highest BCUT2D eigenvalue weighted by molar-refractivity contribution is 9.10. The third kappa shape index (κ3) is 2.99. The summed E-state index contributed by atoms with van der Waals surface area (Å²) in [6, 6.07) is 4.43. The first-order valence-electron chi connectivity index (χ1n) is 5.20. The molecule has 0 aliphatic heterocycles. The minimum atomic E-state index is -1.04. The summed E-state index contributed by atoms with van der Waals surface area (Å²) < 4.78 is 18.4. The minimum absolute atomic E-state index is 0.125. The van der Waals surface area contributed by atoms with Gasteiger partial charge in [0.05, 0.1) is 16.8 Å². The summed E-state index contributed by atoms with van der Waals surface area (Å²) in [5.41, 5.74) is 1.03. The number of methoxy groups -OCH3 is 1. The van der Waals surface area contributed by atoms with E-state index in [1.165, 1.54) is 13.2 Å². The van der Waals surface area contributed by atoms with E-state index in [9.17, 15) is 9.18 Å². The number of rotatable bonds is 4. The molecule has 1 heterocycles. The summed E-state index contributed by atoms with van der Waals surface area (Å²) in [6.07, 6.45) is 0. The van der Waals surface area contributed by atoms with Gasteiger partial charge in [-0.1, -0.05) is 0 Å². The van der Waals surface area contributed by atoms with Gasteiger partial charge in [0.2, 0.25) is 0 Å². The van der Waals surface area contributed by atoms with Crippen LogP contribution in [-0.4, -0.2) is 23.2 Å². The summed E-state index contributed by atoms with van der Waals surface area (Å²) in [6.45, 7) is 0.125. The van der Waals surface area contributed by atoms with E-state index in [1.807, 2.05) is 0 Å². The van der Waals surface area contributed by atoms with Crippen molar-refractivity contribution >= 4 is 33.2 Å². The van der Waals surface area contributed by atoms with Gasteiger partial charge in [-0.15, -0.1) is 11.3 Å². The topological polar surface area (TPSA) is 59.4 Å². The first-order chi connectivity index (χ1) is 9.02. The predicted molar refractivity (Wildman–Crippen MR) is 72.9 cm³/mol. The molecule has 0 aliphatic rings. The molecule has 0 bridgehead atoms. The normalized spacial score (nSPS) is 10.7. The lowest BCUT2D eigenvalue weighted by atomic mass is 10.2. The number of hydrogen-bond donors (Lipinski definition) is 1. The van der Waals surface area contributed by atoms with Gasteiger partial charge in [-0.2, -0.15) is 0 Å². The van der Waals surface area contributed by atoms with Gasteiger partial charge in [-0.05, 0) is 34.1 Å². The molecule has 0 unspecified atom stereocenters. The molecule has 0 spiro atoms. The molecule has 0 aliphatic carbocycles. The number of aromatic carboxylic acids is 1.